The molecule has 2 N–H and O–H groups in total. The van der Waals surface area contributed by atoms with Crippen LogP contribution in [-0.4, -0.2) is 6.04 Å². The van der Waals surface area contributed by atoms with Gasteiger partial charge < -0.3 is 5.73 Å². The average Bonchev–Trinajstić information content (AvgIpc) is 1.84. The van der Waals surface area contributed by atoms with E-state index in [0.717, 1.165) is 5.92 Å². The molecule has 0 bridgehead atoms. The van der Waals surface area contributed by atoms with Gasteiger partial charge in [0, 0.05) is 6.04 Å². The lowest BCUT2D eigenvalue weighted by atomic mass is 9.67. The number of rotatable bonds is 0. The first-order valence-electron chi connectivity index (χ1n) is 4.30. The summed E-state index contributed by atoms with van der Waals surface area (Å²) >= 11 is 0. The fourth-order valence-electron chi connectivity index (χ4n) is 1.75. The van der Waals surface area contributed by atoms with Crippen molar-refractivity contribution in [1.29, 1.82) is 0 Å². The van der Waals surface area contributed by atoms with Crippen molar-refractivity contribution in [1.82, 2.24) is 0 Å². The zero-order chi connectivity index (χ0) is 7.78. The third-order valence-electron chi connectivity index (χ3n) is 3.38. The Hall–Kier alpha value is -0.0400. The van der Waals surface area contributed by atoms with Crippen molar-refractivity contribution in [3.05, 3.63) is 0 Å². The molecule has 10 heavy (non-hydrogen) atoms. The minimum absolute atomic E-state index is 0.373. The summed E-state index contributed by atoms with van der Waals surface area (Å²) in [5, 5.41) is 0. The van der Waals surface area contributed by atoms with Gasteiger partial charge in [-0.25, -0.2) is 0 Å². The Kier molecular flexibility index (Phi) is 2.04. The van der Waals surface area contributed by atoms with Crippen molar-refractivity contribution < 1.29 is 0 Å². The van der Waals surface area contributed by atoms with E-state index in [1.165, 1.54) is 19.3 Å². The van der Waals surface area contributed by atoms with Crippen LogP contribution in [0.3, 0.4) is 0 Å². The van der Waals surface area contributed by atoms with Crippen LogP contribution in [0.1, 0.15) is 40.0 Å². The van der Waals surface area contributed by atoms with E-state index in [9.17, 15) is 0 Å². The van der Waals surface area contributed by atoms with Gasteiger partial charge in [-0.3, -0.25) is 0 Å². The molecule has 1 fully saturated rings. The van der Waals surface area contributed by atoms with Gasteiger partial charge in [0.15, 0.2) is 0 Å². The molecule has 1 aliphatic carbocycles. The van der Waals surface area contributed by atoms with Gasteiger partial charge in [-0.15, -0.1) is 0 Å². The van der Waals surface area contributed by atoms with Crippen LogP contribution in [0.4, 0.5) is 0 Å². The molecule has 1 rings (SSSR count). The van der Waals surface area contributed by atoms with Crippen molar-refractivity contribution in [3.8, 4) is 0 Å². The van der Waals surface area contributed by atoms with Crippen LogP contribution >= 0.6 is 0 Å². The van der Waals surface area contributed by atoms with Crippen LogP contribution in [0.5, 0.6) is 0 Å². The van der Waals surface area contributed by atoms with E-state index in [1.54, 1.807) is 0 Å². The molecule has 0 aromatic carbocycles. The molecule has 1 heteroatoms. The van der Waals surface area contributed by atoms with Crippen molar-refractivity contribution >= 4 is 0 Å². The fraction of sp³-hybridized carbons (Fsp3) is 1.00. The molecular weight excluding hydrogens is 122 g/mol. The Morgan fingerprint density at radius 3 is 2.30 bits per heavy atom. The number of hydrogen-bond donors (Lipinski definition) is 1. The Bertz CT molecular complexity index is 106. The van der Waals surface area contributed by atoms with Gasteiger partial charge in [0.25, 0.3) is 0 Å². The molecule has 1 aliphatic rings. The molecule has 0 radical (unpaired) electrons. The molecule has 60 valence electrons. The van der Waals surface area contributed by atoms with Crippen molar-refractivity contribution in [3.63, 3.8) is 0 Å². The molecule has 0 aliphatic heterocycles. The summed E-state index contributed by atoms with van der Waals surface area (Å²) in [4.78, 5) is 0. The topological polar surface area (TPSA) is 26.0 Å². The van der Waals surface area contributed by atoms with E-state index in [2.05, 4.69) is 20.8 Å². The summed E-state index contributed by atoms with van der Waals surface area (Å²) in [7, 11) is 0. The molecule has 1 nitrogen and oxygen atoms in total. The molecular formula is C9H19N. The highest BCUT2D eigenvalue weighted by Crippen LogP contribution is 2.39. The SMILES string of the molecule is C[C@@H]1CCC[C@H](N)C1(C)C. The normalized spacial score (nSPS) is 39.6. The predicted molar refractivity (Wildman–Crippen MR) is 44.8 cm³/mol. The third-order valence-corrected chi connectivity index (χ3v) is 3.38. The van der Waals surface area contributed by atoms with Gasteiger partial charge in [-0.2, -0.15) is 0 Å². The molecule has 0 unspecified atom stereocenters. The van der Waals surface area contributed by atoms with Crippen molar-refractivity contribution in [2.75, 3.05) is 0 Å². The summed E-state index contributed by atoms with van der Waals surface area (Å²) in [5.74, 6) is 0.802. The maximum Gasteiger partial charge on any atom is 0.00928 e. The van der Waals surface area contributed by atoms with Gasteiger partial charge in [0.1, 0.15) is 0 Å². The van der Waals surface area contributed by atoms with E-state index < -0.39 is 0 Å². The van der Waals surface area contributed by atoms with Gasteiger partial charge in [0.2, 0.25) is 0 Å². The number of nitrogens with two attached hydrogens (primary N) is 1. The van der Waals surface area contributed by atoms with Gasteiger partial charge >= 0.3 is 0 Å². The molecule has 0 aromatic rings. The Balaban J connectivity index is 2.63. The van der Waals surface area contributed by atoms with Gasteiger partial charge in [0.05, 0.1) is 0 Å². The lowest BCUT2D eigenvalue weighted by Crippen LogP contribution is -2.44. The second-order valence-corrected chi connectivity index (χ2v) is 4.26. The molecule has 0 spiro atoms. The first-order chi connectivity index (χ1) is 4.55. The predicted octanol–water partition coefficient (Wildman–Crippen LogP) is 2.16. The van der Waals surface area contributed by atoms with Crippen LogP contribution < -0.4 is 5.73 Å². The summed E-state index contributed by atoms with van der Waals surface area (Å²) < 4.78 is 0. The zero-order valence-electron chi connectivity index (χ0n) is 7.35. The number of hydrogen-bond acceptors (Lipinski definition) is 1. The van der Waals surface area contributed by atoms with Crippen molar-refractivity contribution in [2.45, 2.75) is 46.1 Å². The molecule has 0 saturated heterocycles. The Morgan fingerprint density at radius 1 is 1.30 bits per heavy atom. The average molecular weight is 141 g/mol. The summed E-state index contributed by atoms with van der Waals surface area (Å²) in [6.07, 6.45) is 3.91. The third kappa shape index (κ3) is 1.20. The van der Waals surface area contributed by atoms with Crippen LogP contribution in [-0.2, 0) is 0 Å². The summed E-state index contributed by atoms with van der Waals surface area (Å²) in [6.45, 7) is 6.90. The molecule has 0 aromatic heterocycles. The minimum Gasteiger partial charge on any atom is -0.327 e. The van der Waals surface area contributed by atoms with Crippen LogP contribution in [0.2, 0.25) is 0 Å². The van der Waals surface area contributed by atoms with Crippen LogP contribution in [0.25, 0.3) is 0 Å². The molecule has 0 amide bonds. The highest BCUT2D eigenvalue weighted by atomic mass is 14.7. The molecule has 0 heterocycles. The maximum atomic E-state index is 6.00. The Morgan fingerprint density at radius 2 is 1.90 bits per heavy atom. The first kappa shape index (κ1) is 8.06. The van der Waals surface area contributed by atoms with Crippen molar-refractivity contribution in [2.24, 2.45) is 17.1 Å². The summed E-state index contributed by atoms with van der Waals surface area (Å²) in [6, 6.07) is 0.427. The second-order valence-electron chi connectivity index (χ2n) is 4.26. The Labute approximate surface area is 64.0 Å². The highest BCUT2D eigenvalue weighted by Gasteiger charge is 2.35. The van der Waals surface area contributed by atoms with E-state index in [-0.39, 0.29) is 0 Å². The van der Waals surface area contributed by atoms with E-state index in [1.807, 2.05) is 0 Å². The lowest BCUT2D eigenvalue weighted by Gasteiger charge is -2.41. The highest BCUT2D eigenvalue weighted by molar-refractivity contribution is 4.89. The second kappa shape index (κ2) is 2.54. The molecule has 1 saturated carbocycles. The minimum atomic E-state index is 0.373. The fourth-order valence-corrected chi connectivity index (χ4v) is 1.75. The lowest BCUT2D eigenvalue weighted by molar-refractivity contribution is 0.123. The quantitative estimate of drug-likeness (QED) is 0.549. The largest absolute Gasteiger partial charge is 0.327 e. The van der Waals surface area contributed by atoms with E-state index in [0.29, 0.717) is 11.5 Å². The molecule has 2 atom stereocenters. The van der Waals surface area contributed by atoms with Gasteiger partial charge in [-0.05, 0) is 17.8 Å². The van der Waals surface area contributed by atoms with Crippen LogP contribution in [0, 0.1) is 11.3 Å². The van der Waals surface area contributed by atoms with Gasteiger partial charge in [-0.1, -0.05) is 33.6 Å². The first-order valence-corrected chi connectivity index (χ1v) is 4.30. The zero-order valence-corrected chi connectivity index (χ0v) is 7.35. The van der Waals surface area contributed by atoms with E-state index in [4.69, 9.17) is 5.73 Å². The maximum absolute atomic E-state index is 6.00. The standard InChI is InChI=1S/C9H19N/c1-7-5-4-6-8(10)9(7,2)3/h7-8H,4-6,10H2,1-3H3/t7-,8+/m1/s1. The van der Waals surface area contributed by atoms with Crippen LogP contribution in [0.15, 0.2) is 0 Å². The smallest absolute Gasteiger partial charge is 0.00928 e. The summed E-state index contributed by atoms with van der Waals surface area (Å²) in [5.41, 5.74) is 6.38. The van der Waals surface area contributed by atoms with E-state index >= 15 is 0 Å². The monoisotopic (exact) mass is 141 g/mol.